The van der Waals surface area contributed by atoms with Crippen molar-refractivity contribution in [3.63, 3.8) is 0 Å². The molecule has 0 atom stereocenters. The topological polar surface area (TPSA) is 111 Å². The van der Waals surface area contributed by atoms with Gasteiger partial charge in [0.15, 0.2) is 5.13 Å². The van der Waals surface area contributed by atoms with Crippen LogP contribution in [0.3, 0.4) is 0 Å². The lowest BCUT2D eigenvalue weighted by molar-refractivity contribution is 0.573. The Kier molecular flexibility index (Phi) is 3.49. The average molecular weight is 319 g/mol. The van der Waals surface area contributed by atoms with Gasteiger partial charge in [-0.2, -0.15) is 8.42 Å². The van der Waals surface area contributed by atoms with Crippen LogP contribution in [-0.4, -0.2) is 23.6 Å². The SMILES string of the molecule is CC(C)(C)c1csc(NS(=O)(=O)c2nnc(N)s2)n1. The Balaban J connectivity index is 2.24. The third-order valence-electron chi connectivity index (χ3n) is 2.15. The lowest BCUT2D eigenvalue weighted by Gasteiger charge is -2.14. The molecule has 0 saturated carbocycles. The number of thiazole rings is 1. The van der Waals surface area contributed by atoms with Crippen LogP contribution >= 0.6 is 22.7 Å². The number of rotatable bonds is 3. The quantitative estimate of drug-likeness (QED) is 0.890. The molecule has 2 heterocycles. The molecule has 0 spiro atoms. The highest BCUT2D eigenvalue weighted by molar-refractivity contribution is 7.94. The summed E-state index contributed by atoms with van der Waals surface area (Å²) in [7, 11) is -3.76. The van der Waals surface area contributed by atoms with E-state index in [0.717, 1.165) is 17.0 Å². The van der Waals surface area contributed by atoms with Crippen LogP contribution in [0.5, 0.6) is 0 Å². The lowest BCUT2D eigenvalue weighted by Crippen LogP contribution is -2.14. The van der Waals surface area contributed by atoms with Crippen LogP contribution in [0.1, 0.15) is 26.5 Å². The Bertz CT molecular complexity index is 683. The number of nitrogens with two attached hydrogens (primary N) is 1. The van der Waals surface area contributed by atoms with Gasteiger partial charge in [-0.1, -0.05) is 32.1 Å². The Morgan fingerprint density at radius 3 is 2.47 bits per heavy atom. The average Bonchev–Trinajstić information content (AvgIpc) is 2.85. The molecule has 0 radical (unpaired) electrons. The number of nitrogen functional groups attached to an aromatic ring is 1. The summed E-state index contributed by atoms with van der Waals surface area (Å²) in [5.41, 5.74) is 6.06. The molecule has 2 aromatic heterocycles. The molecule has 0 aliphatic carbocycles. The third-order valence-corrected chi connectivity index (χ3v) is 5.49. The Labute approximate surface area is 119 Å². The van der Waals surface area contributed by atoms with E-state index in [1.165, 1.54) is 11.3 Å². The van der Waals surface area contributed by atoms with Gasteiger partial charge in [0.05, 0.1) is 5.69 Å². The summed E-state index contributed by atoms with van der Waals surface area (Å²) >= 11 is 2.04. The van der Waals surface area contributed by atoms with E-state index in [2.05, 4.69) is 19.9 Å². The summed E-state index contributed by atoms with van der Waals surface area (Å²) in [5.74, 6) is 0. The standard InChI is InChI=1S/C9H13N5O2S3/c1-9(2,3)5-4-17-7(11-5)14-19(15,16)8-13-12-6(10)18-8/h4H,1-3H3,(H2,10,12)(H,11,14). The molecule has 0 unspecified atom stereocenters. The normalized spacial score (nSPS) is 12.6. The summed E-state index contributed by atoms with van der Waals surface area (Å²) in [6.07, 6.45) is 0. The summed E-state index contributed by atoms with van der Waals surface area (Å²) in [4.78, 5) is 4.25. The van der Waals surface area contributed by atoms with E-state index >= 15 is 0 Å². The molecule has 7 nitrogen and oxygen atoms in total. The molecule has 19 heavy (non-hydrogen) atoms. The number of hydrogen-bond acceptors (Lipinski definition) is 8. The van der Waals surface area contributed by atoms with Gasteiger partial charge in [-0.25, -0.2) is 4.98 Å². The highest BCUT2D eigenvalue weighted by Crippen LogP contribution is 2.28. The minimum absolute atomic E-state index is 0.106. The smallest absolute Gasteiger partial charge is 0.293 e. The zero-order valence-electron chi connectivity index (χ0n) is 10.5. The number of sulfonamides is 1. The highest BCUT2D eigenvalue weighted by Gasteiger charge is 2.23. The van der Waals surface area contributed by atoms with Crippen molar-refractivity contribution in [3.05, 3.63) is 11.1 Å². The van der Waals surface area contributed by atoms with E-state index < -0.39 is 10.0 Å². The molecule has 0 fully saturated rings. The summed E-state index contributed by atoms with van der Waals surface area (Å²) in [6, 6.07) is 0. The largest absolute Gasteiger partial charge is 0.374 e. The molecule has 3 N–H and O–H groups in total. The Hall–Kier alpha value is -1.26. The van der Waals surface area contributed by atoms with Crippen molar-refractivity contribution < 1.29 is 8.42 Å². The first-order chi connectivity index (χ1) is 8.68. The van der Waals surface area contributed by atoms with Crippen molar-refractivity contribution in [2.45, 2.75) is 30.5 Å². The molecule has 0 aliphatic rings. The van der Waals surface area contributed by atoms with Gasteiger partial charge in [0.1, 0.15) is 0 Å². The first-order valence-corrected chi connectivity index (χ1v) is 8.44. The van der Waals surface area contributed by atoms with Gasteiger partial charge >= 0.3 is 0 Å². The fourth-order valence-corrected chi connectivity index (χ4v) is 4.13. The van der Waals surface area contributed by atoms with Crippen LogP contribution in [0, 0.1) is 0 Å². The second-order valence-electron chi connectivity index (χ2n) is 4.80. The second-order valence-corrected chi connectivity index (χ2v) is 8.52. The van der Waals surface area contributed by atoms with Gasteiger partial charge in [0.2, 0.25) is 5.13 Å². The van der Waals surface area contributed by atoms with Crippen LogP contribution in [0.2, 0.25) is 0 Å². The fraction of sp³-hybridized carbons (Fsp3) is 0.444. The van der Waals surface area contributed by atoms with Crippen molar-refractivity contribution in [2.75, 3.05) is 10.5 Å². The van der Waals surface area contributed by atoms with E-state index in [1.54, 1.807) is 0 Å². The molecular formula is C9H13N5O2S3. The van der Waals surface area contributed by atoms with Gasteiger partial charge in [0.25, 0.3) is 14.4 Å². The van der Waals surface area contributed by atoms with E-state index in [0.29, 0.717) is 5.13 Å². The number of anilines is 2. The third kappa shape index (κ3) is 3.19. The first kappa shape index (κ1) is 14.2. The molecule has 0 bridgehead atoms. The molecule has 2 aromatic rings. The molecule has 104 valence electrons. The number of nitrogens with one attached hydrogen (secondary N) is 1. The Morgan fingerprint density at radius 2 is 2.00 bits per heavy atom. The van der Waals surface area contributed by atoms with Crippen molar-refractivity contribution in [2.24, 2.45) is 0 Å². The fourth-order valence-electron chi connectivity index (χ4n) is 1.15. The summed E-state index contributed by atoms with van der Waals surface area (Å²) in [6.45, 7) is 6.02. The summed E-state index contributed by atoms with van der Waals surface area (Å²) < 4.78 is 26.2. The van der Waals surface area contributed by atoms with Crippen LogP contribution in [0.25, 0.3) is 0 Å². The number of aromatic nitrogens is 3. The maximum Gasteiger partial charge on any atom is 0.293 e. The highest BCUT2D eigenvalue weighted by atomic mass is 32.2. The van der Waals surface area contributed by atoms with Gasteiger partial charge in [-0.05, 0) is 0 Å². The first-order valence-electron chi connectivity index (χ1n) is 5.26. The van der Waals surface area contributed by atoms with Crippen LogP contribution < -0.4 is 10.5 Å². The summed E-state index contributed by atoms with van der Waals surface area (Å²) in [5, 5.41) is 9.22. The second kappa shape index (κ2) is 4.69. The van der Waals surface area contributed by atoms with Gasteiger partial charge < -0.3 is 5.73 Å². The molecule has 0 aromatic carbocycles. The van der Waals surface area contributed by atoms with Crippen molar-refractivity contribution >= 4 is 43.0 Å². The minimum Gasteiger partial charge on any atom is -0.374 e. The van der Waals surface area contributed by atoms with Gasteiger partial charge in [0, 0.05) is 10.8 Å². The lowest BCUT2D eigenvalue weighted by atomic mass is 9.93. The molecule has 2 rings (SSSR count). The zero-order valence-corrected chi connectivity index (χ0v) is 13.0. The van der Waals surface area contributed by atoms with E-state index in [4.69, 9.17) is 5.73 Å². The van der Waals surface area contributed by atoms with E-state index in [9.17, 15) is 8.42 Å². The minimum atomic E-state index is -3.76. The van der Waals surface area contributed by atoms with E-state index in [-0.39, 0.29) is 14.9 Å². The predicted octanol–water partition coefficient (Wildman–Crippen LogP) is 1.68. The van der Waals surface area contributed by atoms with Crippen LogP contribution in [-0.2, 0) is 15.4 Å². The predicted molar refractivity (Wildman–Crippen MR) is 75.9 cm³/mol. The van der Waals surface area contributed by atoms with Crippen molar-refractivity contribution in [1.82, 2.24) is 15.2 Å². The molecule has 10 heteroatoms. The van der Waals surface area contributed by atoms with Gasteiger partial charge in [-0.15, -0.1) is 21.5 Å². The van der Waals surface area contributed by atoms with Crippen molar-refractivity contribution in [1.29, 1.82) is 0 Å². The van der Waals surface area contributed by atoms with Gasteiger partial charge in [-0.3, -0.25) is 4.72 Å². The van der Waals surface area contributed by atoms with E-state index in [1.807, 2.05) is 26.2 Å². The van der Waals surface area contributed by atoms with Crippen LogP contribution in [0.4, 0.5) is 10.3 Å². The number of hydrogen-bond donors (Lipinski definition) is 2. The van der Waals surface area contributed by atoms with Crippen LogP contribution in [0.15, 0.2) is 9.72 Å². The molecule has 0 saturated heterocycles. The molecule has 0 aliphatic heterocycles. The molecule has 0 amide bonds. The maximum atomic E-state index is 12.0. The van der Waals surface area contributed by atoms with Crippen molar-refractivity contribution in [3.8, 4) is 0 Å². The number of nitrogens with zero attached hydrogens (tertiary/aromatic N) is 3. The monoisotopic (exact) mass is 319 g/mol. The Morgan fingerprint density at radius 1 is 1.32 bits per heavy atom. The maximum absolute atomic E-state index is 12.0. The zero-order chi connectivity index (χ0) is 14.3. The molecular weight excluding hydrogens is 306 g/mol.